The molecule has 110 valence electrons. The van der Waals surface area contributed by atoms with Crippen molar-refractivity contribution >= 4 is 23.4 Å². The van der Waals surface area contributed by atoms with Crippen molar-refractivity contribution in [1.82, 2.24) is 5.32 Å². The summed E-state index contributed by atoms with van der Waals surface area (Å²) in [4.78, 5) is 1.23. The molecule has 1 N–H and O–H groups in total. The Bertz CT molecular complexity index is 611. The largest absolute Gasteiger partial charge is 0.457 e. The minimum absolute atomic E-state index is 0.675. The van der Waals surface area contributed by atoms with Crippen LogP contribution in [0, 0.1) is 0 Å². The minimum atomic E-state index is 0.675. The third-order valence-electron chi connectivity index (χ3n) is 3.47. The molecule has 0 heterocycles. The van der Waals surface area contributed by atoms with Gasteiger partial charge in [0, 0.05) is 28.1 Å². The summed E-state index contributed by atoms with van der Waals surface area (Å²) in [6, 6.07) is 14.6. The number of benzene rings is 2. The maximum Gasteiger partial charge on any atom is 0.133 e. The fourth-order valence-corrected chi connectivity index (χ4v) is 2.65. The minimum Gasteiger partial charge on any atom is -0.457 e. The van der Waals surface area contributed by atoms with E-state index >= 15 is 0 Å². The highest BCUT2D eigenvalue weighted by Gasteiger charge is 2.20. The van der Waals surface area contributed by atoms with E-state index in [0.29, 0.717) is 11.1 Å². The molecule has 2 aromatic carbocycles. The van der Waals surface area contributed by atoms with Crippen LogP contribution in [-0.4, -0.2) is 12.3 Å². The van der Waals surface area contributed by atoms with Gasteiger partial charge >= 0.3 is 0 Å². The van der Waals surface area contributed by atoms with Gasteiger partial charge in [0.15, 0.2) is 0 Å². The zero-order chi connectivity index (χ0) is 14.7. The number of hydrogen-bond acceptors (Lipinski definition) is 3. The van der Waals surface area contributed by atoms with E-state index in [-0.39, 0.29) is 0 Å². The topological polar surface area (TPSA) is 21.3 Å². The van der Waals surface area contributed by atoms with Crippen molar-refractivity contribution in [3.63, 3.8) is 0 Å². The van der Waals surface area contributed by atoms with Gasteiger partial charge < -0.3 is 10.1 Å². The second kappa shape index (κ2) is 6.73. The van der Waals surface area contributed by atoms with Gasteiger partial charge in [-0.1, -0.05) is 17.7 Å². The van der Waals surface area contributed by atoms with Gasteiger partial charge in [0.25, 0.3) is 0 Å². The Morgan fingerprint density at radius 2 is 1.95 bits per heavy atom. The molecule has 2 nitrogen and oxygen atoms in total. The molecule has 21 heavy (non-hydrogen) atoms. The van der Waals surface area contributed by atoms with Gasteiger partial charge in [-0.25, -0.2) is 0 Å². The second-order valence-corrected chi connectivity index (χ2v) is 6.50. The van der Waals surface area contributed by atoms with Gasteiger partial charge in [-0.3, -0.25) is 0 Å². The second-order valence-electron chi connectivity index (χ2n) is 5.18. The fraction of sp³-hybridized carbons (Fsp3) is 0.294. The first kappa shape index (κ1) is 14.8. The molecule has 0 aromatic heterocycles. The number of nitrogens with one attached hydrogen (secondary N) is 1. The molecule has 1 fully saturated rings. The van der Waals surface area contributed by atoms with Gasteiger partial charge in [0.2, 0.25) is 0 Å². The predicted molar refractivity (Wildman–Crippen MR) is 89.6 cm³/mol. The molecule has 0 bridgehead atoms. The summed E-state index contributed by atoms with van der Waals surface area (Å²) >= 11 is 7.82. The molecule has 1 saturated carbocycles. The van der Waals surface area contributed by atoms with Crippen LogP contribution in [-0.2, 0) is 6.54 Å². The van der Waals surface area contributed by atoms with Crippen LogP contribution in [0.4, 0.5) is 0 Å². The Morgan fingerprint density at radius 3 is 2.62 bits per heavy atom. The Balaban J connectivity index is 1.76. The summed E-state index contributed by atoms with van der Waals surface area (Å²) in [5.41, 5.74) is 1.14. The maximum absolute atomic E-state index is 6.10. The first-order chi connectivity index (χ1) is 10.2. The molecule has 0 spiro atoms. The van der Waals surface area contributed by atoms with E-state index in [2.05, 4.69) is 23.7 Å². The van der Waals surface area contributed by atoms with E-state index in [1.54, 1.807) is 11.8 Å². The van der Waals surface area contributed by atoms with Crippen LogP contribution in [0.5, 0.6) is 11.5 Å². The van der Waals surface area contributed by atoms with Crippen LogP contribution >= 0.6 is 23.4 Å². The van der Waals surface area contributed by atoms with E-state index in [4.69, 9.17) is 16.3 Å². The quantitative estimate of drug-likeness (QED) is 0.748. The first-order valence-electron chi connectivity index (χ1n) is 7.08. The summed E-state index contributed by atoms with van der Waals surface area (Å²) in [5.74, 6) is 1.66. The van der Waals surface area contributed by atoms with Gasteiger partial charge in [-0.15, -0.1) is 11.8 Å². The van der Waals surface area contributed by atoms with Crippen molar-refractivity contribution in [3.8, 4) is 11.5 Å². The van der Waals surface area contributed by atoms with Crippen molar-refractivity contribution in [3.05, 3.63) is 53.1 Å². The van der Waals surface area contributed by atoms with Crippen molar-refractivity contribution in [1.29, 1.82) is 0 Å². The van der Waals surface area contributed by atoms with Crippen LogP contribution in [0.15, 0.2) is 47.4 Å². The lowest BCUT2D eigenvalue weighted by Gasteiger charge is -2.12. The zero-order valence-electron chi connectivity index (χ0n) is 11.9. The lowest BCUT2D eigenvalue weighted by atomic mass is 10.2. The van der Waals surface area contributed by atoms with Gasteiger partial charge in [-0.2, -0.15) is 0 Å². The molecule has 2 aromatic rings. The van der Waals surface area contributed by atoms with Crippen molar-refractivity contribution in [2.75, 3.05) is 6.26 Å². The Labute approximate surface area is 134 Å². The molecular weight excluding hydrogens is 302 g/mol. The Kier molecular flexibility index (Phi) is 4.73. The highest BCUT2D eigenvalue weighted by Crippen LogP contribution is 2.30. The number of thioether (sulfide) groups is 1. The molecule has 0 amide bonds. The van der Waals surface area contributed by atoms with Crippen LogP contribution in [0.25, 0.3) is 0 Å². The van der Waals surface area contributed by atoms with Crippen LogP contribution < -0.4 is 10.1 Å². The molecule has 0 saturated heterocycles. The maximum atomic E-state index is 6.10. The van der Waals surface area contributed by atoms with Gasteiger partial charge in [-0.05, 0) is 55.5 Å². The van der Waals surface area contributed by atoms with Gasteiger partial charge in [0.05, 0.1) is 0 Å². The number of ether oxygens (including phenoxy) is 1. The molecule has 1 aliphatic carbocycles. The standard InChI is InChI=1S/C17H18ClNOS/c1-21-16-8-6-15(7-9-16)20-17-10-13(18)3-2-12(17)11-19-14-4-5-14/h2-3,6-10,14,19H,4-5,11H2,1H3. The van der Waals surface area contributed by atoms with E-state index < -0.39 is 0 Å². The molecule has 0 atom stereocenters. The first-order valence-corrected chi connectivity index (χ1v) is 8.68. The highest BCUT2D eigenvalue weighted by atomic mass is 35.5. The Hall–Kier alpha value is -1.16. The summed E-state index contributed by atoms with van der Waals surface area (Å²) in [7, 11) is 0. The fourth-order valence-electron chi connectivity index (χ4n) is 2.08. The van der Waals surface area contributed by atoms with Gasteiger partial charge in [0.1, 0.15) is 11.5 Å². The normalized spacial score (nSPS) is 14.2. The smallest absolute Gasteiger partial charge is 0.133 e. The van der Waals surface area contributed by atoms with Crippen molar-refractivity contribution < 1.29 is 4.74 Å². The van der Waals surface area contributed by atoms with Crippen LogP contribution in [0.2, 0.25) is 5.02 Å². The number of halogens is 1. The Morgan fingerprint density at radius 1 is 1.19 bits per heavy atom. The van der Waals surface area contributed by atoms with Crippen LogP contribution in [0.3, 0.4) is 0 Å². The number of hydrogen-bond donors (Lipinski definition) is 1. The third kappa shape index (κ3) is 4.16. The average Bonchev–Trinajstić information content (AvgIpc) is 3.31. The SMILES string of the molecule is CSc1ccc(Oc2cc(Cl)ccc2CNC2CC2)cc1. The summed E-state index contributed by atoms with van der Waals surface area (Å²) in [6.45, 7) is 0.820. The lowest BCUT2D eigenvalue weighted by molar-refractivity contribution is 0.472. The molecule has 0 radical (unpaired) electrons. The molecule has 3 rings (SSSR count). The van der Waals surface area contributed by atoms with E-state index in [1.165, 1.54) is 17.7 Å². The zero-order valence-corrected chi connectivity index (χ0v) is 13.5. The summed E-state index contributed by atoms with van der Waals surface area (Å²) in [5, 5.41) is 4.21. The predicted octanol–water partition coefficient (Wildman–Crippen LogP) is 5.11. The highest BCUT2D eigenvalue weighted by molar-refractivity contribution is 7.98. The van der Waals surface area contributed by atoms with Crippen molar-refractivity contribution in [2.45, 2.75) is 30.3 Å². The lowest BCUT2D eigenvalue weighted by Crippen LogP contribution is -2.15. The molecule has 0 unspecified atom stereocenters. The molecule has 1 aliphatic rings. The average molecular weight is 320 g/mol. The van der Waals surface area contributed by atoms with E-state index in [1.807, 2.05) is 30.3 Å². The molecule has 0 aliphatic heterocycles. The van der Waals surface area contributed by atoms with E-state index in [0.717, 1.165) is 23.6 Å². The third-order valence-corrected chi connectivity index (χ3v) is 4.45. The van der Waals surface area contributed by atoms with Crippen LogP contribution in [0.1, 0.15) is 18.4 Å². The van der Waals surface area contributed by atoms with E-state index in [9.17, 15) is 0 Å². The molecule has 4 heteroatoms. The summed E-state index contributed by atoms with van der Waals surface area (Å²) < 4.78 is 6.01. The molecular formula is C17H18ClNOS. The van der Waals surface area contributed by atoms with Crippen molar-refractivity contribution in [2.24, 2.45) is 0 Å². The summed E-state index contributed by atoms with van der Waals surface area (Å²) in [6.07, 6.45) is 4.62. The monoisotopic (exact) mass is 319 g/mol. The number of rotatable bonds is 6.